The number of rotatable bonds is 4. The smallest absolute Gasteiger partial charge is 0.0495 e. The Morgan fingerprint density at radius 3 is 0.500 bits per heavy atom. The van der Waals surface area contributed by atoms with Crippen LogP contribution in [0.25, 0.3) is 0 Å². The zero-order valence-electron chi connectivity index (χ0n) is 14.7. The van der Waals surface area contributed by atoms with Crippen molar-refractivity contribution in [1.82, 2.24) is 24.5 Å². The molecule has 0 bridgehead atoms. The Labute approximate surface area is 116 Å². The molecule has 0 aliphatic carbocycles. The van der Waals surface area contributed by atoms with Crippen molar-refractivity contribution < 1.29 is 0 Å². The summed E-state index contributed by atoms with van der Waals surface area (Å²) in [5.74, 6) is 0. The van der Waals surface area contributed by atoms with E-state index in [1.54, 1.807) is 0 Å². The Morgan fingerprint density at radius 2 is 0.500 bits per heavy atom. The maximum atomic E-state index is 2.12. The highest BCUT2D eigenvalue weighted by Crippen LogP contribution is 1.75. The molecule has 0 aromatic carbocycles. The van der Waals surface area contributed by atoms with Gasteiger partial charge in [-0.15, -0.1) is 0 Å². The van der Waals surface area contributed by atoms with E-state index in [9.17, 15) is 0 Å². The van der Waals surface area contributed by atoms with Crippen LogP contribution in [0.3, 0.4) is 0 Å². The molecule has 0 amide bonds. The minimum atomic E-state index is 1.03. The Bertz CT molecular complexity index is 116. The maximum Gasteiger partial charge on any atom is 0.0495 e. The first-order chi connectivity index (χ1) is 7.98. The molecule has 0 aliphatic rings. The average molecular weight is 263 g/mol. The standard InChI is InChI=1S/2C5H14N2.C3H9N/c2*1-6(2)5-7(3)4;1-4(2)3/h2*5H2,1-4H3;1-3H3. The summed E-state index contributed by atoms with van der Waals surface area (Å²) in [5.41, 5.74) is 0. The molecule has 0 radical (unpaired) electrons. The van der Waals surface area contributed by atoms with E-state index in [0.29, 0.717) is 0 Å². The molecule has 0 spiro atoms. The van der Waals surface area contributed by atoms with Crippen LogP contribution in [-0.4, -0.2) is 115 Å². The van der Waals surface area contributed by atoms with Crippen molar-refractivity contribution in [2.45, 2.75) is 0 Å². The van der Waals surface area contributed by atoms with E-state index in [-0.39, 0.29) is 0 Å². The molecule has 5 nitrogen and oxygen atoms in total. The lowest BCUT2D eigenvalue weighted by Gasteiger charge is -2.14. The van der Waals surface area contributed by atoms with Crippen molar-refractivity contribution in [2.24, 2.45) is 0 Å². The van der Waals surface area contributed by atoms with Crippen LogP contribution in [-0.2, 0) is 0 Å². The monoisotopic (exact) mass is 263 g/mol. The third-order valence-electron chi connectivity index (χ3n) is 1.13. The van der Waals surface area contributed by atoms with E-state index in [1.165, 1.54) is 0 Å². The highest BCUT2D eigenvalue weighted by molar-refractivity contribution is 4.36. The van der Waals surface area contributed by atoms with Crippen LogP contribution in [0.1, 0.15) is 0 Å². The van der Waals surface area contributed by atoms with Crippen molar-refractivity contribution in [1.29, 1.82) is 0 Å². The summed E-state index contributed by atoms with van der Waals surface area (Å²) in [5, 5.41) is 0. The van der Waals surface area contributed by atoms with Gasteiger partial charge < -0.3 is 4.90 Å². The summed E-state index contributed by atoms with van der Waals surface area (Å²) >= 11 is 0. The van der Waals surface area contributed by atoms with E-state index in [4.69, 9.17) is 0 Å². The fraction of sp³-hybridized carbons (Fsp3) is 1.00. The average Bonchev–Trinajstić information content (AvgIpc) is 1.96. The van der Waals surface area contributed by atoms with Crippen LogP contribution in [0.2, 0.25) is 0 Å². The van der Waals surface area contributed by atoms with Crippen LogP contribution >= 0.6 is 0 Å². The van der Waals surface area contributed by atoms with E-state index >= 15 is 0 Å². The van der Waals surface area contributed by atoms with E-state index < -0.39 is 0 Å². The highest BCUT2D eigenvalue weighted by atomic mass is 15.3. The van der Waals surface area contributed by atoms with Crippen molar-refractivity contribution in [3.63, 3.8) is 0 Å². The van der Waals surface area contributed by atoms with Gasteiger partial charge in [-0.2, -0.15) is 0 Å². The molecule has 0 heterocycles. The highest BCUT2D eigenvalue weighted by Gasteiger charge is 1.88. The normalized spacial score (nSPS) is 10.7. The second-order valence-corrected chi connectivity index (χ2v) is 5.94. The summed E-state index contributed by atoms with van der Waals surface area (Å²) in [6.45, 7) is 2.06. The van der Waals surface area contributed by atoms with Gasteiger partial charge in [0.25, 0.3) is 0 Å². The quantitative estimate of drug-likeness (QED) is 0.677. The van der Waals surface area contributed by atoms with Gasteiger partial charge in [0, 0.05) is 13.3 Å². The van der Waals surface area contributed by atoms with Gasteiger partial charge >= 0.3 is 0 Å². The summed E-state index contributed by atoms with van der Waals surface area (Å²) in [6.07, 6.45) is 0. The van der Waals surface area contributed by atoms with Crippen molar-refractivity contribution in [3.8, 4) is 0 Å². The molecule has 5 heteroatoms. The zero-order chi connectivity index (χ0) is 15.3. The van der Waals surface area contributed by atoms with Gasteiger partial charge in [-0.25, -0.2) is 0 Å². The molecule has 18 heavy (non-hydrogen) atoms. The van der Waals surface area contributed by atoms with Crippen LogP contribution in [0.4, 0.5) is 0 Å². The largest absolute Gasteiger partial charge is 0.312 e. The summed E-state index contributed by atoms with van der Waals surface area (Å²) in [7, 11) is 22.4. The molecule has 0 aromatic heterocycles. The Hall–Kier alpha value is -0.200. The first kappa shape index (κ1) is 22.9. The lowest BCUT2D eigenvalue weighted by molar-refractivity contribution is 0.245. The molecule has 0 unspecified atom stereocenters. The van der Waals surface area contributed by atoms with Crippen LogP contribution < -0.4 is 0 Å². The second kappa shape index (κ2) is 14.9. The Kier molecular flexibility index (Phi) is 18.9. The first-order valence-electron chi connectivity index (χ1n) is 6.18. The molecule has 0 N–H and O–H groups in total. The van der Waals surface area contributed by atoms with Crippen LogP contribution in [0.5, 0.6) is 0 Å². The molecule has 0 saturated carbocycles. The lowest BCUT2D eigenvalue weighted by Crippen LogP contribution is -2.26. The summed E-state index contributed by atoms with van der Waals surface area (Å²) in [6, 6.07) is 0. The zero-order valence-corrected chi connectivity index (χ0v) is 14.7. The predicted molar refractivity (Wildman–Crippen MR) is 84.1 cm³/mol. The van der Waals surface area contributed by atoms with Crippen LogP contribution in [0.15, 0.2) is 0 Å². The fourth-order valence-corrected chi connectivity index (χ4v) is 1.13. The second-order valence-electron chi connectivity index (χ2n) is 5.94. The van der Waals surface area contributed by atoms with Crippen molar-refractivity contribution in [3.05, 3.63) is 0 Å². The SMILES string of the molecule is CN(C)C.CN(C)CN(C)C.CN(C)CN(C)C. The predicted octanol–water partition coefficient (Wildman–Crippen LogP) is 0.312. The van der Waals surface area contributed by atoms with E-state index in [1.807, 2.05) is 26.0 Å². The molecule has 0 saturated heterocycles. The molecule has 0 aliphatic heterocycles. The minimum Gasteiger partial charge on any atom is -0.312 e. The number of hydrogen-bond acceptors (Lipinski definition) is 5. The van der Waals surface area contributed by atoms with Gasteiger partial charge in [-0.1, -0.05) is 0 Å². The van der Waals surface area contributed by atoms with Gasteiger partial charge in [0.05, 0.1) is 0 Å². The Balaban J connectivity index is -0.000000196. The fourth-order valence-electron chi connectivity index (χ4n) is 1.13. The molecule has 0 fully saturated rings. The van der Waals surface area contributed by atoms with Gasteiger partial charge in [0.15, 0.2) is 0 Å². The topological polar surface area (TPSA) is 16.2 Å². The molecule has 0 aromatic rings. The molecule has 0 rings (SSSR count). The summed E-state index contributed by atoms with van der Waals surface area (Å²) in [4.78, 5) is 10.5. The van der Waals surface area contributed by atoms with Gasteiger partial charge in [0.2, 0.25) is 0 Å². The Morgan fingerprint density at radius 1 is 0.389 bits per heavy atom. The van der Waals surface area contributed by atoms with Crippen LogP contribution in [0, 0.1) is 0 Å². The first-order valence-corrected chi connectivity index (χ1v) is 6.18. The molecule has 0 atom stereocenters. The maximum absolute atomic E-state index is 2.12. The third kappa shape index (κ3) is 56.9. The van der Waals surface area contributed by atoms with Gasteiger partial charge in [0.1, 0.15) is 0 Å². The third-order valence-corrected chi connectivity index (χ3v) is 1.13. The van der Waals surface area contributed by atoms with Crippen molar-refractivity contribution >= 4 is 0 Å². The molecule has 114 valence electrons. The molecular weight excluding hydrogens is 226 g/mol. The minimum absolute atomic E-state index is 1.03. The molecular formula is C13H37N5. The number of nitrogens with zero attached hydrogens (tertiary/aromatic N) is 5. The van der Waals surface area contributed by atoms with Gasteiger partial charge in [-0.3, -0.25) is 19.6 Å². The lowest BCUT2D eigenvalue weighted by atomic mass is 10.8. The number of hydrogen-bond donors (Lipinski definition) is 0. The van der Waals surface area contributed by atoms with Gasteiger partial charge in [-0.05, 0) is 77.5 Å². The van der Waals surface area contributed by atoms with Crippen molar-refractivity contribution in [2.75, 3.05) is 90.9 Å². The van der Waals surface area contributed by atoms with E-state index in [0.717, 1.165) is 13.3 Å². The summed E-state index contributed by atoms with van der Waals surface area (Å²) < 4.78 is 0. The van der Waals surface area contributed by atoms with E-state index in [2.05, 4.69) is 76.0 Å².